The summed E-state index contributed by atoms with van der Waals surface area (Å²) in [5.41, 5.74) is -0.499. The topological polar surface area (TPSA) is 40.5 Å². The van der Waals surface area contributed by atoms with Crippen LogP contribution in [0.3, 0.4) is 0 Å². The Morgan fingerprint density at radius 3 is 2.40 bits per heavy atom. The quantitative estimate of drug-likeness (QED) is 0.908. The van der Waals surface area contributed by atoms with Crippen LogP contribution in [-0.2, 0) is 10.3 Å². The molecule has 110 valence electrons. The fraction of sp³-hybridized carbons (Fsp3) is 0.533. The van der Waals surface area contributed by atoms with E-state index in [0.29, 0.717) is 10.0 Å². The van der Waals surface area contributed by atoms with Crippen molar-refractivity contribution in [2.24, 2.45) is 0 Å². The van der Waals surface area contributed by atoms with E-state index in [1.54, 1.807) is 19.1 Å². The fourth-order valence-electron chi connectivity index (χ4n) is 2.76. The molecule has 3 nitrogen and oxygen atoms in total. The second-order valence-corrected chi connectivity index (χ2v) is 6.26. The van der Waals surface area contributed by atoms with Crippen LogP contribution in [0.4, 0.5) is 4.39 Å². The molecule has 1 aliphatic heterocycles. The Morgan fingerprint density at radius 1 is 1.30 bits per heavy atom. The zero-order chi connectivity index (χ0) is 14.8. The molecular formula is C15H19BrFNO2. The Hall–Kier alpha value is -0.940. The third-order valence-electron chi connectivity index (χ3n) is 4.14. The second-order valence-electron chi connectivity index (χ2n) is 5.41. The summed E-state index contributed by atoms with van der Waals surface area (Å²) in [4.78, 5) is 13.9. The van der Waals surface area contributed by atoms with Gasteiger partial charge < -0.3 is 5.11 Å². The molecule has 1 unspecified atom stereocenters. The van der Waals surface area contributed by atoms with Gasteiger partial charge in [-0.1, -0.05) is 18.9 Å². The van der Waals surface area contributed by atoms with E-state index in [4.69, 9.17) is 0 Å². The van der Waals surface area contributed by atoms with E-state index in [0.717, 1.165) is 38.8 Å². The lowest BCUT2D eigenvalue weighted by Crippen LogP contribution is -2.50. The molecule has 2 rings (SSSR count). The number of carboxylic acid groups (broad SMARTS) is 1. The number of hydrogen-bond donors (Lipinski definition) is 1. The minimum Gasteiger partial charge on any atom is -0.480 e. The largest absolute Gasteiger partial charge is 0.480 e. The predicted octanol–water partition coefficient (Wildman–Crippen LogP) is 3.76. The summed E-state index contributed by atoms with van der Waals surface area (Å²) < 4.78 is 13.7. The maximum Gasteiger partial charge on any atom is 0.328 e. The zero-order valence-corrected chi connectivity index (χ0v) is 13.1. The molecule has 0 bridgehead atoms. The molecule has 0 aromatic heterocycles. The number of hydrogen-bond acceptors (Lipinski definition) is 2. The first-order chi connectivity index (χ1) is 9.46. The van der Waals surface area contributed by atoms with Crippen LogP contribution in [0.25, 0.3) is 0 Å². The monoisotopic (exact) mass is 343 g/mol. The molecule has 0 saturated carbocycles. The van der Waals surface area contributed by atoms with Crippen molar-refractivity contribution in [2.75, 3.05) is 13.1 Å². The van der Waals surface area contributed by atoms with Crippen molar-refractivity contribution < 1.29 is 14.3 Å². The van der Waals surface area contributed by atoms with Crippen molar-refractivity contribution in [3.05, 3.63) is 34.1 Å². The van der Waals surface area contributed by atoms with E-state index in [1.807, 2.05) is 4.90 Å². The summed E-state index contributed by atoms with van der Waals surface area (Å²) in [7, 11) is 0. The Balaban J connectivity index is 2.41. The zero-order valence-electron chi connectivity index (χ0n) is 11.5. The number of carbonyl (C=O) groups is 1. The van der Waals surface area contributed by atoms with Crippen molar-refractivity contribution >= 4 is 21.9 Å². The van der Waals surface area contributed by atoms with Gasteiger partial charge in [0.15, 0.2) is 0 Å². The summed E-state index contributed by atoms with van der Waals surface area (Å²) in [6.45, 7) is 3.23. The van der Waals surface area contributed by atoms with Gasteiger partial charge in [0.2, 0.25) is 0 Å². The van der Waals surface area contributed by atoms with Crippen LogP contribution in [-0.4, -0.2) is 29.1 Å². The van der Waals surface area contributed by atoms with E-state index < -0.39 is 11.5 Å². The average Bonchev–Trinajstić information content (AvgIpc) is 2.70. The number of carboxylic acids is 1. The molecule has 1 aliphatic rings. The van der Waals surface area contributed by atoms with Gasteiger partial charge >= 0.3 is 5.97 Å². The molecule has 1 aromatic carbocycles. The second kappa shape index (κ2) is 6.22. The van der Waals surface area contributed by atoms with Gasteiger partial charge in [0.05, 0.1) is 4.47 Å². The molecular weight excluding hydrogens is 325 g/mol. The number of nitrogens with zero attached hydrogens (tertiary/aromatic N) is 1. The van der Waals surface area contributed by atoms with Crippen molar-refractivity contribution in [3.8, 4) is 0 Å². The number of rotatable bonds is 3. The van der Waals surface area contributed by atoms with Gasteiger partial charge in [-0.15, -0.1) is 0 Å². The van der Waals surface area contributed by atoms with Crippen LogP contribution < -0.4 is 0 Å². The highest BCUT2D eigenvalue weighted by Gasteiger charge is 2.41. The SMILES string of the molecule is CC(C(=O)O)(c1ccc(F)c(Br)c1)N1CCCCCC1. The van der Waals surface area contributed by atoms with Gasteiger partial charge in [0.1, 0.15) is 11.4 Å². The van der Waals surface area contributed by atoms with Crippen LogP contribution >= 0.6 is 15.9 Å². The highest BCUT2D eigenvalue weighted by atomic mass is 79.9. The van der Waals surface area contributed by atoms with Gasteiger partial charge in [0, 0.05) is 0 Å². The Bertz CT molecular complexity index is 501. The summed E-state index contributed by atoms with van der Waals surface area (Å²) in [6.07, 6.45) is 4.29. The Morgan fingerprint density at radius 2 is 1.90 bits per heavy atom. The maximum atomic E-state index is 13.4. The Kier molecular flexibility index (Phi) is 4.81. The van der Waals surface area contributed by atoms with Crippen molar-refractivity contribution in [3.63, 3.8) is 0 Å². The number of benzene rings is 1. The molecule has 0 amide bonds. The van der Waals surface area contributed by atoms with Gasteiger partial charge in [-0.2, -0.15) is 0 Å². The third-order valence-corrected chi connectivity index (χ3v) is 4.74. The molecule has 1 atom stereocenters. The molecule has 1 N–H and O–H groups in total. The lowest BCUT2D eigenvalue weighted by Gasteiger charge is -2.37. The molecule has 1 heterocycles. The van der Waals surface area contributed by atoms with Gasteiger partial charge in [-0.3, -0.25) is 4.90 Å². The molecule has 1 saturated heterocycles. The van der Waals surface area contributed by atoms with E-state index in [2.05, 4.69) is 15.9 Å². The lowest BCUT2D eigenvalue weighted by molar-refractivity contribution is -0.151. The van der Waals surface area contributed by atoms with Gasteiger partial charge in [-0.25, -0.2) is 9.18 Å². The van der Waals surface area contributed by atoms with Gasteiger partial charge in [-0.05, 0) is 66.5 Å². The van der Waals surface area contributed by atoms with Crippen molar-refractivity contribution in [1.82, 2.24) is 4.90 Å². The van der Waals surface area contributed by atoms with E-state index >= 15 is 0 Å². The first-order valence-corrected chi connectivity index (χ1v) is 7.69. The first kappa shape index (κ1) is 15.4. The smallest absolute Gasteiger partial charge is 0.328 e. The summed E-state index contributed by atoms with van der Waals surface area (Å²) >= 11 is 3.14. The maximum absolute atomic E-state index is 13.4. The lowest BCUT2D eigenvalue weighted by atomic mass is 9.89. The minimum absolute atomic E-state index is 0.303. The fourth-order valence-corrected chi connectivity index (χ4v) is 3.14. The van der Waals surface area contributed by atoms with Crippen LogP contribution in [0.15, 0.2) is 22.7 Å². The third kappa shape index (κ3) is 2.88. The van der Waals surface area contributed by atoms with E-state index in [1.165, 1.54) is 6.07 Å². The molecule has 5 heteroatoms. The van der Waals surface area contributed by atoms with Crippen LogP contribution in [0.5, 0.6) is 0 Å². The highest BCUT2D eigenvalue weighted by molar-refractivity contribution is 9.10. The van der Waals surface area contributed by atoms with Gasteiger partial charge in [0.25, 0.3) is 0 Å². The van der Waals surface area contributed by atoms with E-state index in [9.17, 15) is 14.3 Å². The standard InChI is InChI=1S/C15H19BrFNO2/c1-15(14(19)20,18-8-4-2-3-5-9-18)11-6-7-13(17)12(16)10-11/h6-7,10H,2-5,8-9H2,1H3,(H,19,20). The summed E-state index contributed by atoms with van der Waals surface area (Å²) in [5.74, 6) is -1.27. The number of likely N-dealkylation sites (tertiary alicyclic amines) is 1. The minimum atomic E-state index is -1.11. The van der Waals surface area contributed by atoms with Crippen molar-refractivity contribution in [2.45, 2.75) is 38.1 Å². The van der Waals surface area contributed by atoms with Crippen LogP contribution in [0, 0.1) is 5.82 Å². The van der Waals surface area contributed by atoms with Crippen LogP contribution in [0.1, 0.15) is 38.2 Å². The first-order valence-electron chi connectivity index (χ1n) is 6.90. The number of halogens is 2. The molecule has 0 radical (unpaired) electrons. The molecule has 1 fully saturated rings. The van der Waals surface area contributed by atoms with E-state index in [-0.39, 0.29) is 5.82 Å². The summed E-state index contributed by atoms with van der Waals surface area (Å²) in [6, 6.07) is 4.46. The highest BCUT2D eigenvalue weighted by Crippen LogP contribution is 2.33. The predicted molar refractivity (Wildman–Crippen MR) is 79.1 cm³/mol. The molecule has 1 aromatic rings. The van der Waals surface area contributed by atoms with Crippen LogP contribution in [0.2, 0.25) is 0 Å². The summed E-state index contributed by atoms with van der Waals surface area (Å²) in [5, 5.41) is 9.74. The molecule has 0 spiro atoms. The average molecular weight is 344 g/mol. The normalized spacial score (nSPS) is 20.1. The number of aliphatic carboxylic acids is 1. The van der Waals surface area contributed by atoms with Crippen molar-refractivity contribution in [1.29, 1.82) is 0 Å². The Labute approximate surface area is 126 Å². The molecule has 0 aliphatic carbocycles. The molecule has 20 heavy (non-hydrogen) atoms.